The number of hydrogen-bond acceptors (Lipinski definition) is 3. The summed E-state index contributed by atoms with van der Waals surface area (Å²) < 4.78 is 5.82. The summed E-state index contributed by atoms with van der Waals surface area (Å²) in [5.74, 6) is 1.76. The summed E-state index contributed by atoms with van der Waals surface area (Å²) in [6.45, 7) is 0.470. The fourth-order valence-corrected chi connectivity index (χ4v) is 2.65. The van der Waals surface area contributed by atoms with Crippen LogP contribution in [0.4, 0.5) is 0 Å². The van der Waals surface area contributed by atoms with Gasteiger partial charge in [-0.2, -0.15) is 0 Å². The van der Waals surface area contributed by atoms with E-state index in [1.807, 2.05) is 42.5 Å². The molecule has 116 valence electrons. The van der Waals surface area contributed by atoms with Crippen LogP contribution in [0.15, 0.2) is 46.9 Å². The van der Waals surface area contributed by atoms with E-state index in [9.17, 15) is 4.79 Å². The molecular formula is C18H21NO3. The first-order valence-electron chi connectivity index (χ1n) is 7.82. The van der Waals surface area contributed by atoms with Crippen LogP contribution in [-0.4, -0.2) is 35.1 Å². The maximum Gasteiger partial charge on any atom is 0.223 e. The summed E-state index contributed by atoms with van der Waals surface area (Å²) >= 11 is 0. The second kappa shape index (κ2) is 6.79. The lowest BCUT2D eigenvalue weighted by molar-refractivity contribution is -0.132. The van der Waals surface area contributed by atoms with Gasteiger partial charge in [-0.05, 0) is 25.0 Å². The Hall–Kier alpha value is -2.07. The van der Waals surface area contributed by atoms with Gasteiger partial charge in [-0.25, -0.2) is 0 Å². The van der Waals surface area contributed by atoms with Gasteiger partial charge in [0.15, 0.2) is 0 Å². The van der Waals surface area contributed by atoms with E-state index >= 15 is 0 Å². The molecule has 1 fully saturated rings. The molecule has 1 heterocycles. The summed E-state index contributed by atoms with van der Waals surface area (Å²) in [4.78, 5) is 14.0. The van der Waals surface area contributed by atoms with Crippen LogP contribution in [0.1, 0.15) is 25.0 Å². The average molecular weight is 299 g/mol. The molecule has 1 amide bonds. The van der Waals surface area contributed by atoms with E-state index in [1.54, 1.807) is 4.90 Å². The van der Waals surface area contributed by atoms with E-state index in [-0.39, 0.29) is 12.5 Å². The first kappa shape index (κ1) is 14.9. The number of amides is 1. The third-order valence-electron chi connectivity index (χ3n) is 3.95. The van der Waals surface area contributed by atoms with Crippen LogP contribution in [0, 0.1) is 0 Å². The zero-order valence-electron chi connectivity index (χ0n) is 12.6. The highest BCUT2D eigenvalue weighted by Crippen LogP contribution is 2.27. The molecule has 4 heteroatoms. The van der Waals surface area contributed by atoms with Gasteiger partial charge in [0.25, 0.3) is 0 Å². The topological polar surface area (TPSA) is 53.7 Å². The minimum absolute atomic E-state index is 0.0289. The Morgan fingerprint density at radius 3 is 2.64 bits per heavy atom. The third-order valence-corrected chi connectivity index (χ3v) is 3.95. The monoisotopic (exact) mass is 299 g/mol. The quantitative estimate of drug-likeness (QED) is 0.855. The molecule has 0 unspecified atom stereocenters. The predicted octanol–water partition coefficient (Wildman–Crippen LogP) is 2.86. The maximum atomic E-state index is 12.2. The highest BCUT2D eigenvalue weighted by Gasteiger charge is 2.31. The molecule has 0 bridgehead atoms. The van der Waals surface area contributed by atoms with Crippen molar-refractivity contribution >= 4 is 5.91 Å². The van der Waals surface area contributed by atoms with Gasteiger partial charge >= 0.3 is 0 Å². The van der Waals surface area contributed by atoms with E-state index in [2.05, 4.69) is 0 Å². The lowest BCUT2D eigenvalue weighted by Gasteiger charge is -2.21. The van der Waals surface area contributed by atoms with Crippen LogP contribution in [-0.2, 0) is 11.2 Å². The molecular weight excluding hydrogens is 278 g/mol. The summed E-state index contributed by atoms with van der Waals surface area (Å²) in [6.07, 6.45) is 3.15. The summed E-state index contributed by atoms with van der Waals surface area (Å²) in [5.41, 5.74) is 1.04. The maximum absolute atomic E-state index is 12.2. The number of carbonyl (C=O) groups is 1. The number of nitrogens with zero attached hydrogens (tertiary/aromatic N) is 1. The minimum atomic E-state index is 0.0289. The molecule has 1 aromatic heterocycles. The van der Waals surface area contributed by atoms with Crippen molar-refractivity contribution in [1.29, 1.82) is 0 Å². The van der Waals surface area contributed by atoms with Crippen molar-refractivity contribution < 1.29 is 14.3 Å². The number of benzene rings is 1. The smallest absolute Gasteiger partial charge is 0.223 e. The van der Waals surface area contributed by atoms with E-state index in [4.69, 9.17) is 9.52 Å². The summed E-state index contributed by atoms with van der Waals surface area (Å²) in [7, 11) is 0. The van der Waals surface area contributed by atoms with Gasteiger partial charge in [0.1, 0.15) is 11.5 Å². The number of aliphatic hydroxyl groups is 1. The standard InChI is InChI=1S/C18H21NO3/c20-13-12-19(15-6-7-15)18(21)11-9-16-8-10-17(22-16)14-4-2-1-3-5-14/h1-5,8,10,15,20H,6-7,9,11-13H2. The van der Waals surface area contributed by atoms with Crippen molar-refractivity contribution in [2.45, 2.75) is 31.7 Å². The number of aliphatic hydroxyl groups excluding tert-OH is 1. The molecule has 1 aromatic carbocycles. The van der Waals surface area contributed by atoms with Crippen LogP contribution in [0.5, 0.6) is 0 Å². The highest BCUT2D eigenvalue weighted by atomic mass is 16.3. The van der Waals surface area contributed by atoms with Crippen molar-refractivity contribution in [3.05, 3.63) is 48.2 Å². The van der Waals surface area contributed by atoms with E-state index in [0.29, 0.717) is 25.4 Å². The minimum Gasteiger partial charge on any atom is -0.461 e. The zero-order valence-corrected chi connectivity index (χ0v) is 12.6. The van der Waals surface area contributed by atoms with Crippen molar-refractivity contribution in [1.82, 2.24) is 4.90 Å². The molecule has 1 aliphatic rings. The Morgan fingerprint density at radius 2 is 1.95 bits per heavy atom. The molecule has 22 heavy (non-hydrogen) atoms. The van der Waals surface area contributed by atoms with Crippen molar-refractivity contribution in [2.24, 2.45) is 0 Å². The van der Waals surface area contributed by atoms with Gasteiger partial charge in [0.05, 0.1) is 6.61 Å². The molecule has 1 N–H and O–H groups in total. The Morgan fingerprint density at radius 1 is 1.18 bits per heavy atom. The number of hydrogen-bond donors (Lipinski definition) is 1. The molecule has 0 atom stereocenters. The van der Waals surface area contributed by atoms with Crippen molar-refractivity contribution in [2.75, 3.05) is 13.2 Å². The first-order valence-corrected chi connectivity index (χ1v) is 7.82. The molecule has 0 saturated heterocycles. The summed E-state index contributed by atoms with van der Waals surface area (Å²) in [6, 6.07) is 14.2. The van der Waals surface area contributed by atoms with Gasteiger partial charge in [-0.3, -0.25) is 4.79 Å². The van der Waals surface area contributed by atoms with Gasteiger partial charge in [-0.15, -0.1) is 0 Å². The van der Waals surface area contributed by atoms with Crippen LogP contribution in [0.2, 0.25) is 0 Å². The van der Waals surface area contributed by atoms with Gasteiger partial charge in [-0.1, -0.05) is 30.3 Å². The second-order valence-corrected chi connectivity index (χ2v) is 5.67. The largest absolute Gasteiger partial charge is 0.461 e. The Kier molecular flexibility index (Phi) is 4.59. The fraction of sp³-hybridized carbons (Fsp3) is 0.389. The first-order chi connectivity index (χ1) is 10.8. The molecule has 1 aliphatic carbocycles. The highest BCUT2D eigenvalue weighted by molar-refractivity contribution is 5.77. The van der Waals surface area contributed by atoms with Crippen LogP contribution >= 0.6 is 0 Å². The molecule has 0 radical (unpaired) electrons. The molecule has 0 spiro atoms. The predicted molar refractivity (Wildman–Crippen MR) is 84.3 cm³/mol. The average Bonchev–Trinajstić information content (AvgIpc) is 3.28. The zero-order chi connectivity index (χ0) is 15.4. The van der Waals surface area contributed by atoms with Crippen LogP contribution in [0.25, 0.3) is 11.3 Å². The van der Waals surface area contributed by atoms with E-state index in [1.165, 1.54) is 0 Å². The normalized spacial score (nSPS) is 14.0. The number of aryl methyl sites for hydroxylation is 1. The molecule has 1 saturated carbocycles. The SMILES string of the molecule is O=C(CCc1ccc(-c2ccccc2)o1)N(CCO)C1CC1. The third kappa shape index (κ3) is 3.57. The second-order valence-electron chi connectivity index (χ2n) is 5.67. The molecule has 2 aromatic rings. The van der Waals surface area contributed by atoms with Crippen molar-refractivity contribution in [3.63, 3.8) is 0 Å². The number of rotatable bonds is 7. The number of furan rings is 1. The molecule has 3 rings (SSSR count). The van der Waals surface area contributed by atoms with Crippen LogP contribution in [0.3, 0.4) is 0 Å². The van der Waals surface area contributed by atoms with E-state index in [0.717, 1.165) is 29.9 Å². The van der Waals surface area contributed by atoms with Gasteiger partial charge in [0.2, 0.25) is 5.91 Å². The summed E-state index contributed by atoms with van der Waals surface area (Å²) in [5, 5.41) is 9.06. The lowest BCUT2D eigenvalue weighted by atomic mass is 10.2. The molecule has 0 aliphatic heterocycles. The Balaban J connectivity index is 1.57. The van der Waals surface area contributed by atoms with Crippen LogP contribution < -0.4 is 0 Å². The van der Waals surface area contributed by atoms with Gasteiger partial charge < -0.3 is 14.4 Å². The number of carbonyl (C=O) groups excluding carboxylic acids is 1. The van der Waals surface area contributed by atoms with Crippen molar-refractivity contribution in [3.8, 4) is 11.3 Å². The Bertz CT molecular complexity index is 616. The van der Waals surface area contributed by atoms with E-state index < -0.39 is 0 Å². The fourth-order valence-electron chi connectivity index (χ4n) is 2.65. The lowest BCUT2D eigenvalue weighted by Crippen LogP contribution is -2.35. The Labute approximate surface area is 130 Å². The van der Waals surface area contributed by atoms with Gasteiger partial charge in [0, 0.05) is 31.0 Å². The molecule has 4 nitrogen and oxygen atoms in total.